The maximum absolute atomic E-state index is 12.6. The molecule has 126 valence electrons. The van der Waals surface area contributed by atoms with Crippen LogP contribution in [0.5, 0.6) is 0 Å². The van der Waals surface area contributed by atoms with E-state index in [2.05, 4.69) is 10.6 Å². The van der Waals surface area contributed by atoms with Gasteiger partial charge in [-0.3, -0.25) is 14.5 Å². The number of carbonyl (C=O) groups excluding carboxylic acids is 3. The van der Waals surface area contributed by atoms with Crippen molar-refractivity contribution >= 4 is 29.2 Å². The number of furan rings is 1. The van der Waals surface area contributed by atoms with Crippen molar-refractivity contribution in [3.8, 4) is 0 Å². The molecule has 0 radical (unpaired) electrons. The van der Waals surface area contributed by atoms with Crippen LogP contribution in [0.1, 0.15) is 23.3 Å². The predicted molar refractivity (Wildman–Crippen MR) is 87.2 cm³/mol. The molecule has 1 unspecified atom stereocenters. The monoisotopic (exact) mass is 347 g/mol. The van der Waals surface area contributed by atoms with E-state index in [1.165, 1.54) is 11.3 Å². The van der Waals surface area contributed by atoms with E-state index in [0.717, 1.165) is 9.78 Å². The minimum atomic E-state index is -1.29. The molecule has 1 aliphatic heterocycles. The molecule has 4 amide bonds. The Morgan fingerprint density at radius 3 is 2.79 bits per heavy atom. The highest BCUT2D eigenvalue weighted by Gasteiger charge is 2.51. The van der Waals surface area contributed by atoms with Gasteiger partial charge in [-0.25, -0.2) is 4.79 Å². The summed E-state index contributed by atoms with van der Waals surface area (Å²) in [6.07, 6.45) is 0. The second kappa shape index (κ2) is 6.12. The molecule has 1 aliphatic rings. The first kappa shape index (κ1) is 16.3. The van der Waals surface area contributed by atoms with Gasteiger partial charge in [0.2, 0.25) is 5.91 Å². The normalized spacial score (nSPS) is 20.3. The highest BCUT2D eigenvalue weighted by molar-refractivity contribution is 7.09. The molecule has 0 saturated carbocycles. The smallest absolute Gasteiger partial charge is 0.325 e. The van der Waals surface area contributed by atoms with Crippen molar-refractivity contribution in [2.75, 3.05) is 6.54 Å². The minimum absolute atomic E-state index is 0.328. The maximum atomic E-state index is 12.6. The SMILES string of the molecule is Cc1ccc(C2(C)NC(=O)N(CC(=O)NCc3cccs3)C2=O)o1. The molecule has 1 fully saturated rings. The zero-order valence-electron chi connectivity index (χ0n) is 13.3. The summed E-state index contributed by atoms with van der Waals surface area (Å²) < 4.78 is 5.48. The Balaban J connectivity index is 1.67. The van der Waals surface area contributed by atoms with Crippen molar-refractivity contribution in [3.63, 3.8) is 0 Å². The van der Waals surface area contributed by atoms with E-state index >= 15 is 0 Å². The maximum Gasteiger partial charge on any atom is 0.325 e. The molecule has 3 heterocycles. The van der Waals surface area contributed by atoms with Crippen molar-refractivity contribution in [1.82, 2.24) is 15.5 Å². The van der Waals surface area contributed by atoms with E-state index in [-0.39, 0.29) is 6.54 Å². The van der Waals surface area contributed by atoms with Gasteiger partial charge in [0.15, 0.2) is 5.54 Å². The van der Waals surface area contributed by atoms with E-state index < -0.39 is 23.4 Å². The van der Waals surface area contributed by atoms with Gasteiger partial charge in [-0.15, -0.1) is 11.3 Å². The Morgan fingerprint density at radius 2 is 2.17 bits per heavy atom. The highest BCUT2D eigenvalue weighted by Crippen LogP contribution is 2.29. The van der Waals surface area contributed by atoms with Gasteiger partial charge in [0.1, 0.15) is 18.1 Å². The number of carbonyl (C=O) groups is 3. The lowest BCUT2D eigenvalue weighted by atomic mass is 9.99. The van der Waals surface area contributed by atoms with Crippen LogP contribution in [0, 0.1) is 6.92 Å². The highest BCUT2D eigenvalue weighted by atomic mass is 32.1. The van der Waals surface area contributed by atoms with E-state index in [0.29, 0.717) is 18.1 Å². The molecule has 0 aliphatic carbocycles. The van der Waals surface area contributed by atoms with Crippen LogP contribution in [0.15, 0.2) is 34.1 Å². The molecule has 0 aromatic carbocycles. The van der Waals surface area contributed by atoms with Crippen molar-refractivity contribution in [2.24, 2.45) is 0 Å². The second-order valence-electron chi connectivity index (χ2n) is 5.71. The molecule has 24 heavy (non-hydrogen) atoms. The fourth-order valence-electron chi connectivity index (χ4n) is 2.51. The second-order valence-corrected chi connectivity index (χ2v) is 6.75. The van der Waals surface area contributed by atoms with Gasteiger partial charge >= 0.3 is 6.03 Å². The minimum Gasteiger partial charge on any atom is -0.463 e. The van der Waals surface area contributed by atoms with Gasteiger partial charge in [0.05, 0.1) is 6.54 Å². The van der Waals surface area contributed by atoms with Crippen LogP contribution in [0.4, 0.5) is 4.79 Å². The molecule has 0 spiro atoms. The number of nitrogens with zero attached hydrogens (tertiary/aromatic N) is 1. The van der Waals surface area contributed by atoms with Gasteiger partial charge in [-0.2, -0.15) is 0 Å². The number of thiophene rings is 1. The number of urea groups is 1. The van der Waals surface area contributed by atoms with E-state index in [1.54, 1.807) is 26.0 Å². The number of aryl methyl sites for hydroxylation is 1. The van der Waals surface area contributed by atoms with Crippen molar-refractivity contribution in [1.29, 1.82) is 0 Å². The molecule has 0 bridgehead atoms. The fourth-order valence-corrected chi connectivity index (χ4v) is 3.15. The zero-order chi connectivity index (χ0) is 17.3. The number of imide groups is 1. The molecule has 1 saturated heterocycles. The van der Waals surface area contributed by atoms with Crippen molar-refractivity contribution < 1.29 is 18.8 Å². The number of hydrogen-bond acceptors (Lipinski definition) is 5. The predicted octanol–water partition coefficient (Wildman–Crippen LogP) is 1.73. The first-order chi connectivity index (χ1) is 11.4. The topological polar surface area (TPSA) is 91.7 Å². The third-order valence-corrected chi connectivity index (χ3v) is 4.73. The largest absolute Gasteiger partial charge is 0.463 e. The average molecular weight is 347 g/mol. The summed E-state index contributed by atoms with van der Waals surface area (Å²) in [5.41, 5.74) is -1.29. The Morgan fingerprint density at radius 1 is 1.38 bits per heavy atom. The van der Waals surface area contributed by atoms with E-state index in [4.69, 9.17) is 4.42 Å². The summed E-state index contributed by atoms with van der Waals surface area (Å²) in [4.78, 5) is 38.7. The Hall–Kier alpha value is -2.61. The van der Waals surface area contributed by atoms with Crippen LogP contribution in [0.3, 0.4) is 0 Å². The summed E-state index contributed by atoms with van der Waals surface area (Å²) in [5, 5.41) is 7.21. The Kier molecular flexibility index (Phi) is 4.15. The van der Waals surface area contributed by atoms with E-state index in [1.807, 2.05) is 17.5 Å². The van der Waals surface area contributed by atoms with Crippen LogP contribution in [0.25, 0.3) is 0 Å². The lowest BCUT2D eigenvalue weighted by molar-refractivity contribution is -0.135. The summed E-state index contributed by atoms with van der Waals surface area (Å²) in [6.45, 7) is 3.36. The molecule has 8 heteroatoms. The van der Waals surface area contributed by atoms with Gasteiger partial charge < -0.3 is 15.1 Å². The summed E-state index contributed by atoms with van der Waals surface area (Å²) >= 11 is 1.52. The lowest BCUT2D eigenvalue weighted by Crippen LogP contribution is -2.43. The third-order valence-electron chi connectivity index (χ3n) is 3.85. The van der Waals surface area contributed by atoms with Crippen LogP contribution in [-0.4, -0.2) is 29.3 Å². The molecule has 2 aromatic rings. The zero-order valence-corrected chi connectivity index (χ0v) is 14.1. The molecule has 1 atom stereocenters. The third kappa shape index (κ3) is 2.92. The molecule has 2 aromatic heterocycles. The van der Waals surface area contributed by atoms with Crippen LogP contribution in [-0.2, 0) is 21.7 Å². The van der Waals surface area contributed by atoms with E-state index in [9.17, 15) is 14.4 Å². The quantitative estimate of drug-likeness (QED) is 0.806. The Labute approximate surface area is 142 Å². The first-order valence-electron chi connectivity index (χ1n) is 7.40. The molecular formula is C16H17N3O4S. The number of hydrogen-bond donors (Lipinski definition) is 2. The number of rotatable bonds is 5. The lowest BCUT2D eigenvalue weighted by Gasteiger charge is -2.19. The molecule has 2 N–H and O–H groups in total. The van der Waals surface area contributed by atoms with Crippen molar-refractivity contribution in [3.05, 3.63) is 46.0 Å². The standard InChI is InChI=1S/C16H17N3O4S/c1-10-5-6-12(23-10)16(2)14(21)19(15(22)18-16)9-13(20)17-8-11-4-3-7-24-11/h3-7H,8-9H2,1-2H3,(H,17,20)(H,18,22). The molecular weight excluding hydrogens is 330 g/mol. The molecule has 3 rings (SSSR count). The van der Waals surface area contributed by atoms with Gasteiger partial charge in [0, 0.05) is 4.88 Å². The molecule has 7 nitrogen and oxygen atoms in total. The van der Waals surface area contributed by atoms with Crippen molar-refractivity contribution in [2.45, 2.75) is 25.9 Å². The van der Waals surface area contributed by atoms with Gasteiger partial charge in [0.25, 0.3) is 5.91 Å². The first-order valence-corrected chi connectivity index (χ1v) is 8.28. The van der Waals surface area contributed by atoms with Crippen LogP contribution in [0.2, 0.25) is 0 Å². The number of amides is 4. The number of nitrogens with one attached hydrogen (secondary N) is 2. The summed E-state index contributed by atoms with van der Waals surface area (Å²) in [6, 6.07) is 6.54. The fraction of sp³-hybridized carbons (Fsp3) is 0.312. The summed E-state index contributed by atoms with van der Waals surface area (Å²) in [7, 11) is 0. The summed E-state index contributed by atoms with van der Waals surface area (Å²) in [5.74, 6) is 0.0835. The average Bonchev–Trinajstić information content (AvgIpc) is 3.24. The van der Waals surface area contributed by atoms with Crippen LogP contribution >= 0.6 is 11.3 Å². The van der Waals surface area contributed by atoms with Crippen LogP contribution < -0.4 is 10.6 Å². The van der Waals surface area contributed by atoms with Gasteiger partial charge in [-0.05, 0) is 37.4 Å². The Bertz CT molecular complexity index is 783. The van der Waals surface area contributed by atoms with Gasteiger partial charge in [-0.1, -0.05) is 6.07 Å².